The Morgan fingerprint density at radius 2 is 2.03 bits per heavy atom. The molecule has 0 bridgehead atoms. The van der Waals surface area contributed by atoms with E-state index in [1.54, 1.807) is 37.3 Å². The number of carboxylic acid groups (broad SMARTS) is 1. The Morgan fingerprint density at radius 1 is 1.21 bits per heavy atom. The molecule has 0 radical (unpaired) electrons. The van der Waals surface area contributed by atoms with Gasteiger partial charge in [0.15, 0.2) is 53.1 Å². The van der Waals surface area contributed by atoms with Gasteiger partial charge in [-0.2, -0.15) is 0 Å². The monoisotopic (exact) mass is 535 g/mol. The van der Waals surface area contributed by atoms with Gasteiger partial charge in [0, 0.05) is 6.54 Å². The van der Waals surface area contributed by atoms with Crippen molar-refractivity contribution in [2.75, 3.05) is 25.2 Å². The molecule has 2 unspecified atom stereocenters. The topological polar surface area (TPSA) is 179 Å². The number of hydrogen-bond donors (Lipinski definition) is 4. The van der Waals surface area contributed by atoms with Crippen molar-refractivity contribution in [1.29, 1.82) is 0 Å². The number of fused-ring (bicyclic) bond motifs is 2. The number of carboxylic acids is 1. The van der Waals surface area contributed by atoms with Crippen molar-refractivity contribution in [3.8, 4) is 0 Å². The van der Waals surface area contributed by atoms with Crippen LogP contribution >= 0.6 is 0 Å². The van der Waals surface area contributed by atoms with E-state index in [0.29, 0.717) is 36.2 Å². The Hall–Kier alpha value is -4.56. The Morgan fingerprint density at radius 3 is 2.79 bits per heavy atom. The summed E-state index contributed by atoms with van der Waals surface area (Å²) in [5.41, 5.74) is -0.542. The van der Waals surface area contributed by atoms with Crippen LogP contribution in [0.5, 0.6) is 0 Å². The van der Waals surface area contributed by atoms with Crippen LogP contribution in [-0.4, -0.2) is 74.5 Å². The second-order valence-corrected chi connectivity index (χ2v) is 9.20. The van der Waals surface area contributed by atoms with Crippen LogP contribution in [0.3, 0.4) is 0 Å². The molecule has 3 aliphatic rings. The summed E-state index contributed by atoms with van der Waals surface area (Å²) < 4.78 is 19.0. The van der Waals surface area contributed by atoms with Gasteiger partial charge in [0.2, 0.25) is 5.88 Å². The number of nitrogens with one attached hydrogen (secondary N) is 3. The van der Waals surface area contributed by atoms with Crippen molar-refractivity contribution in [2.24, 2.45) is 5.92 Å². The fourth-order valence-corrected chi connectivity index (χ4v) is 5.41. The summed E-state index contributed by atoms with van der Waals surface area (Å²) in [5.74, 6) is -1.89. The van der Waals surface area contributed by atoms with Gasteiger partial charge >= 0.3 is 12.0 Å². The highest BCUT2D eigenvalue weighted by Gasteiger charge is 2.58. The SMILES string of the molecule is CCNC(=O)Nc1ncnc2c1ncn2C1=C2OCO[C@@H]2[C@H](C(=O)C2CCNC2(C(=O)O)c2ccccc2)O1. The summed E-state index contributed by atoms with van der Waals surface area (Å²) in [5, 5.41) is 18.6. The highest BCUT2D eigenvalue weighted by molar-refractivity contribution is 5.98. The van der Waals surface area contributed by atoms with Gasteiger partial charge in [-0.25, -0.2) is 29.1 Å². The molecule has 2 saturated heterocycles. The Bertz CT molecular complexity index is 1490. The maximum Gasteiger partial charge on any atom is 0.329 e. The normalized spacial score (nSPS) is 25.7. The first-order valence-electron chi connectivity index (χ1n) is 12.4. The van der Waals surface area contributed by atoms with Crippen LogP contribution < -0.4 is 16.0 Å². The summed E-state index contributed by atoms with van der Waals surface area (Å²) in [6.07, 6.45) is 0.951. The van der Waals surface area contributed by atoms with Crippen molar-refractivity contribution in [1.82, 2.24) is 30.2 Å². The van der Waals surface area contributed by atoms with Crippen molar-refractivity contribution >= 4 is 40.6 Å². The zero-order valence-electron chi connectivity index (χ0n) is 20.8. The lowest BCUT2D eigenvalue weighted by molar-refractivity contribution is -0.152. The molecule has 3 aromatic rings. The quantitative estimate of drug-likeness (QED) is 0.339. The molecule has 0 saturated carbocycles. The van der Waals surface area contributed by atoms with E-state index in [-0.39, 0.29) is 24.3 Å². The zero-order chi connectivity index (χ0) is 27.1. The number of amides is 2. The van der Waals surface area contributed by atoms with Gasteiger partial charge in [0.05, 0.1) is 5.92 Å². The van der Waals surface area contributed by atoms with Crippen LogP contribution in [0.25, 0.3) is 17.0 Å². The number of aromatic nitrogens is 4. The number of aliphatic carboxylic acids is 1. The second-order valence-electron chi connectivity index (χ2n) is 9.20. The minimum absolute atomic E-state index is 0.103. The van der Waals surface area contributed by atoms with Crippen LogP contribution in [-0.2, 0) is 29.3 Å². The first-order chi connectivity index (χ1) is 19.0. The summed E-state index contributed by atoms with van der Waals surface area (Å²) in [7, 11) is 0. The Labute approximate surface area is 221 Å². The van der Waals surface area contributed by atoms with Gasteiger partial charge in [0.1, 0.15) is 12.7 Å². The largest absolute Gasteiger partial charge is 0.480 e. The molecule has 0 aliphatic carbocycles. The van der Waals surface area contributed by atoms with Gasteiger partial charge in [0.25, 0.3) is 0 Å². The van der Waals surface area contributed by atoms with Crippen LogP contribution in [0, 0.1) is 5.92 Å². The molecule has 1 aromatic carbocycles. The number of benzene rings is 1. The number of carbonyl (C=O) groups excluding carboxylic acids is 2. The number of urea groups is 1. The summed E-state index contributed by atoms with van der Waals surface area (Å²) >= 11 is 0. The molecule has 4 N–H and O–H groups in total. The summed E-state index contributed by atoms with van der Waals surface area (Å²) in [6.45, 7) is 2.45. The lowest BCUT2D eigenvalue weighted by Crippen LogP contribution is -2.54. The number of nitrogens with zero attached hydrogens (tertiary/aromatic N) is 4. The van der Waals surface area contributed by atoms with Crippen LogP contribution in [0.1, 0.15) is 18.9 Å². The van der Waals surface area contributed by atoms with Crippen LogP contribution in [0.2, 0.25) is 0 Å². The summed E-state index contributed by atoms with van der Waals surface area (Å²) in [6, 6.07) is 8.19. The van der Waals surface area contributed by atoms with Crippen molar-refractivity contribution in [3.05, 3.63) is 54.3 Å². The van der Waals surface area contributed by atoms with E-state index in [4.69, 9.17) is 14.2 Å². The fourth-order valence-electron chi connectivity index (χ4n) is 5.41. The molecular weight excluding hydrogens is 510 g/mol. The molecule has 5 heterocycles. The average Bonchev–Trinajstić information content (AvgIpc) is 3.72. The molecule has 202 valence electrons. The number of rotatable bonds is 7. The molecule has 3 aliphatic heterocycles. The molecular formula is C25H25N7O7. The first kappa shape index (κ1) is 24.8. The number of ketones is 1. The smallest absolute Gasteiger partial charge is 0.329 e. The van der Waals surface area contributed by atoms with Gasteiger partial charge in [-0.05, 0) is 25.5 Å². The van der Waals surface area contributed by atoms with E-state index in [2.05, 4.69) is 30.9 Å². The fraction of sp³-hybridized carbons (Fsp3) is 0.360. The molecule has 6 rings (SSSR count). The van der Waals surface area contributed by atoms with Crippen molar-refractivity contribution in [3.63, 3.8) is 0 Å². The van der Waals surface area contributed by atoms with E-state index in [1.165, 1.54) is 17.2 Å². The van der Waals surface area contributed by atoms with Gasteiger partial charge in [-0.3, -0.25) is 15.4 Å². The van der Waals surface area contributed by atoms with Crippen LogP contribution in [0.15, 0.2) is 48.7 Å². The highest BCUT2D eigenvalue weighted by Crippen LogP contribution is 2.43. The highest BCUT2D eigenvalue weighted by atomic mass is 16.7. The summed E-state index contributed by atoms with van der Waals surface area (Å²) in [4.78, 5) is 51.4. The Kier molecular flexibility index (Phi) is 6.12. The number of anilines is 1. The zero-order valence-corrected chi connectivity index (χ0v) is 20.8. The third-order valence-electron chi connectivity index (χ3n) is 7.12. The lowest BCUT2D eigenvalue weighted by atomic mass is 9.75. The maximum atomic E-state index is 14.0. The van der Waals surface area contributed by atoms with Crippen LogP contribution in [0.4, 0.5) is 10.6 Å². The molecule has 4 atom stereocenters. The molecule has 14 nitrogen and oxygen atoms in total. The maximum absolute atomic E-state index is 14.0. The van der Waals surface area contributed by atoms with E-state index in [9.17, 15) is 19.5 Å². The molecule has 2 fully saturated rings. The average molecular weight is 536 g/mol. The standard InChI is InChI=1S/C25H25N7O7/c1-2-26-24(36)31-20-15-21(28-10-27-20)32(11-29-15)22-19-18(37-12-38-19)17(39-22)16(33)14-8-9-30-25(14,23(34)35)13-6-4-3-5-7-13/h3-7,10-11,14,17-18,30H,2,8-9,12H2,1H3,(H,34,35)(H2,26,27,28,31,36)/t14?,17-,18+,25?/m0/s1. The predicted molar refractivity (Wildman–Crippen MR) is 134 cm³/mol. The minimum Gasteiger partial charge on any atom is -0.480 e. The van der Waals surface area contributed by atoms with E-state index >= 15 is 0 Å². The molecule has 14 heteroatoms. The van der Waals surface area contributed by atoms with Crippen molar-refractivity contribution in [2.45, 2.75) is 31.1 Å². The first-order valence-corrected chi connectivity index (χ1v) is 12.4. The minimum atomic E-state index is -1.61. The second kappa shape index (κ2) is 9.63. The van der Waals surface area contributed by atoms with E-state index < -0.39 is 41.4 Å². The van der Waals surface area contributed by atoms with E-state index in [0.717, 1.165) is 0 Å². The molecule has 0 spiro atoms. The Balaban J connectivity index is 1.33. The van der Waals surface area contributed by atoms with Gasteiger partial charge in [-0.15, -0.1) is 0 Å². The van der Waals surface area contributed by atoms with Gasteiger partial charge in [-0.1, -0.05) is 30.3 Å². The molecule has 2 amide bonds. The van der Waals surface area contributed by atoms with Gasteiger partial charge < -0.3 is 24.6 Å². The predicted octanol–water partition coefficient (Wildman–Crippen LogP) is 1.02. The lowest BCUT2D eigenvalue weighted by Gasteiger charge is -2.32. The number of Topliss-reactive ketones (excluding diaryl/α,β-unsaturated/α-hetero) is 1. The molecule has 39 heavy (non-hydrogen) atoms. The third-order valence-corrected chi connectivity index (χ3v) is 7.12. The number of hydrogen-bond acceptors (Lipinski definition) is 10. The van der Waals surface area contributed by atoms with E-state index in [1.807, 2.05) is 0 Å². The third kappa shape index (κ3) is 3.87. The number of imidazole rings is 1. The number of carbonyl (C=O) groups is 3. The van der Waals surface area contributed by atoms with Crippen molar-refractivity contribution < 1.29 is 33.7 Å². The molecule has 2 aromatic heterocycles. The number of ether oxygens (including phenoxy) is 3.